The van der Waals surface area contributed by atoms with Gasteiger partial charge in [0.15, 0.2) is 6.54 Å². The average molecular weight is 369 g/mol. The summed E-state index contributed by atoms with van der Waals surface area (Å²) in [6.45, 7) is 7.29. The van der Waals surface area contributed by atoms with Crippen LogP contribution in [0.3, 0.4) is 0 Å². The standard InChI is InChI=1S/C22H29N3O2/c1-18(19-6-4-3-5-7-19)16-23-22(26)17-24-12-14-25(15-13-24)20-8-10-21(27-2)11-9-20/h3-11,18H,12-17H2,1-2H3,(H,23,26)/p+1/t18-/m0/s1. The number of piperazine rings is 1. The van der Waals surface area contributed by atoms with E-state index in [0.29, 0.717) is 19.0 Å². The van der Waals surface area contributed by atoms with E-state index in [0.717, 1.165) is 31.9 Å². The Morgan fingerprint density at radius 3 is 2.41 bits per heavy atom. The lowest BCUT2D eigenvalue weighted by molar-refractivity contribution is -0.892. The maximum atomic E-state index is 12.3. The van der Waals surface area contributed by atoms with Crippen LogP contribution in [0.15, 0.2) is 54.6 Å². The summed E-state index contributed by atoms with van der Waals surface area (Å²) in [5.41, 5.74) is 2.48. The second-order valence-electron chi connectivity index (χ2n) is 7.23. The summed E-state index contributed by atoms with van der Waals surface area (Å²) in [5, 5.41) is 3.10. The van der Waals surface area contributed by atoms with Crippen molar-refractivity contribution in [2.75, 3.05) is 51.3 Å². The van der Waals surface area contributed by atoms with E-state index in [4.69, 9.17) is 4.74 Å². The molecular weight excluding hydrogens is 338 g/mol. The van der Waals surface area contributed by atoms with Crippen molar-refractivity contribution in [2.45, 2.75) is 12.8 Å². The molecule has 2 aromatic carbocycles. The van der Waals surface area contributed by atoms with Crippen molar-refractivity contribution in [1.29, 1.82) is 0 Å². The molecule has 27 heavy (non-hydrogen) atoms. The molecule has 144 valence electrons. The minimum absolute atomic E-state index is 0.144. The first-order valence-electron chi connectivity index (χ1n) is 9.70. The molecule has 0 saturated carbocycles. The molecule has 0 aromatic heterocycles. The molecule has 1 fully saturated rings. The van der Waals surface area contributed by atoms with Crippen LogP contribution in [-0.2, 0) is 4.79 Å². The van der Waals surface area contributed by atoms with Gasteiger partial charge < -0.3 is 19.9 Å². The van der Waals surface area contributed by atoms with E-state index in [9.17, 15) is 4.79 Å². The quantitative estimate of drug-likeness (QED) is 0.775. The molecule has 5 nitrogen and oxygen atoms in total. The third-order valence-electron chi connectivity index (χ3n) is 5.29. The van der Waals surface area contributed by atoms with Gasteiger partial charge in [0, 0.05) is 12.2 Å². The summed E-state index contributed by atoms with van der Waals surface area (Å²) in [6, 6.07) is 18.5. The topological polar surface area (TPSA) is 46.0 Å². The summed E-state index contributed by atoms with van der Waals surface area (Å²) < 4.78 is 5.22. The van der Waals surface area contributed by atoms with Crippen LogP contribution in [0.5, 0.6) is 5.75 Å². The average Bonchev–Trinajstić information content (AvgIpc) is 2.73. The normalized spacial score (nSPS) is 16.0. The molecule has 0 aliphatic carbocycles. The Labute approximate surface area is 161 Å². The van der Waals surface area contributed by atoms with E-state index < -0.39 is 0 Å². The molecule has 1 heterocycles. The number of hydrogen-bond acceptors (Lipinski definition) is 3. The van der Waals surface area contributed by atoms with E-state index >= 15 is 0 Å². The van der Waals surface area contributed by atoms with Gasteiger partial charge in [0.1, 0.15) is 5.75 Å². The van der Waals surface area contributed by atoms with Crippen LogP contribution in [0.2, 0.25) is 0 Å². The van der Waals surface area contributed by atoms with Crippen molar-refractivity contribution in [3.63, 3.8) is 0 Å². The molecule has 1 aliphatic rings. The van der Waals surface area contributed by atoms with Gasteiger partial charge in [-0.15, -0.1) is 0 Å². The zero-order chi connectivity index (χ0) is 19.1. The molecule has 2 N–H and O–H groups in total. The Hall–Kier alpha value is -2.53. The van der Waals surface area contributed by atoms with E-state index in [-0.39, 0.29) is 5.91 Å². The first-order valence-corrected chi connectivity index (χ1v) is 9.70. The maximum Gasteiger partial charge on any atom is 0.275 e. The number of nitrogens with one attached hydrogen (secondary N) is 2. The van der Waals surface area contributed by atoms with Crippen LogP contribution in [0, 0.1) is 0 Å². The predicted octanol–water partition coefficient (Wildman–Crippen LogP) is 1.32. The SMILES string of the molecule is COc1ccc(N2CC[NH+](CC(=O)NC[C@H](C)c3ccccc3)CC2)cc1. The summed E-state index contributed by atoms with van der Waals surface area (Å²) in [4.78, 5) is 16.0. The molecule has 0 radical (unpaired) electrons. The monoisotopic (exact) mass is 368 g/mol. The van der Waals surface area contributed by atoms with Gasteiger partial charge >= 0.3 is 0 Å². The highest BCUT2D eigenvalue weighted by Gasteiger charge is 2.22. The lowest BCUT2D eigenvalue weighted by Gasteiger charge is -2.33. The lowest BCUT2D eigenvalue weighted by atomic mass is 10.0. The number of hydrogen-bond donors (Lipinski definition) is 2. The van der Waals surface area contributed by atoms with Crippen LogP contribution in [0.1, 0.15) is 18.4 Å². The molecule has 1 aliphatic heterocycles. The van der Waals surface area contributed by atoms with Gasteiger partial charge in [0.25, 0.3) is 5.91 Å². The summed E-state index contributed by atoms with van der Waals surface area (Å²) in [5.74, 6) is 1.35. The largest absolute Gasteiger partial charge is 0.497 e. The second kappa shape index (κ2) is 9.42. The Morgan fingerprint density at radius 2 is 1.78 bits per heavy atom. The maximum absolute atomic E-state index is 12.3. The minimum Gasteiger partial charge on any atom is -0.497 e. The van der Waals surface area contributed by atoms with Crippen LogP contribution >= 0.6 is 0 Å². The van der Waals surface area contributed by atoms with Crippen molar-refractivity contribution >= 4 is 11.6 Å². The number of carbonyl (C=O) groups excluding carboxylic acids is 1. The first-order chi connectivity index (χ1) is 13.2. The van der Waals surface area contributed by atoms with E-state index in [1.54, 1.807) is 7.11 Å². The number of anilines is 1. The van der Waals surface area contributed by atoms with E-state index in [1.807, 2.05) is 30.3 Å². The smallest absolute Gasteiger partial charge is 0.275 e. The summed E-state index contributed by atoms with van der Waals surface area (Å²) in [7, 11) is 1.68. The lowest BCUT2D eigenvalue weighted by Crippen LogP contribution is -3.16. The highest BCUT2D eigenvalue weighted by atomic mass is 16.5. The molecule has 1 atom stereocenters. The van der Waals surface area contributed by atoms with Crippen LogP contribution in [0.4, 0.5) is 5.69 Å². The Bertz CT molecular complexity index is 710. The highest BCUT2D eigenvalue weighted by molar-refractivity contribution is 5.76. The van der Waals surface area contributed by atoms with E-state index in [2.05, 4.69) is 41.4 Å². The fraction of sp³-hybridized carbons (Fsp3) is 0.409. The molecule has 1 amide bonds. The molecule has 1 saturated heterocycles. The molecule has 3 rings (SSSR count). The Balaban J connectivity index is 1.40. The zero-order valence-corrected chi connectivity index (χ0v) is 16.3. The Kier molecular flexibility index (Phi) is 6.71. The summed E-state index contributed by atoms with van der Waals surface area (Å²) in [6.07, 6.45) is 0. The molecule has 2 aromatic rings. The van der Waals surface area contributed by atoms with Crippen molar-refractivity contribution < 1.29 is 14.4 Å². The van der Waals surface area contributed by atoms with Gasteiger partial charge in [-0.25, -0.2) is 0 Å². The second-order valence-corrected chi connectivity index (χ2v) is 7.23. The number of methoxy groups -OCH3 is 1. The minimum atomic E-state index is 0.144. The van der Waals surface area contributed by atoms with Crippen LogP contribution in [0.25, 0.3) is 0 Å². The van der Waals surface area contributed by atoms with E-state index in [1.165, 1.54) is 16.2 Å². The first kappa shape index (κ1) is 19.2. The number of carbonyl (C=O) groups is 1. The third-order valence-corrected chi connectivity index (χ3v) is 5.29. The molecule has 0 unspecified atom stereocenters. The van der Waals surface area contributed by atoms with Crippen molar-refractivity contribution in [1.82, 2.24) is 5.32 Å². The zero-order valence-electron chi connectivity index (χ0n) is 16.3. The number of amides is 1. The number of quaternary nitrogens is 1. The fourth-order valence-corrected chi connectivity index (χ4v) is 3.51. The number of nitrogens with zero attached hydrogens (tertiary/aromatic N) is 1. The van der Waals surface area contributed by atoms with Gasteiger partial charge in [-0.3, -0.25) is 4.79 Å². The van der Waals surface area contributed by atoms with Gasteiger partial charge in [-0.1, -0.05) is 37.3 Å². The fourth-order valence-electron chi connectivity index (χ4n) is 3.51. The number of ether oxygens (including phenoxy) is 1. The van der Waals surface area contributed by atoms with Gasteiger partial charge in [0.2, 0.25) is 0 Å². The highest BCUT2D eigenvalue weighted by Crippen LogP contribution is 2.19. The van der Waals surface area contributed by atoms with Crippen molar-refractivity contribution in [3.05, 3.63) is 60.2 Å². The Morgan fingerprint density at radius 1 is 1.11 bits per heavy atom. The molecular formula is C22H30N3O2+. The van der Waals surface area contributed by atoms with Crippen molar-refractivity contribution in [2.24, 2.45) is 0 Å². The molecule has 5 heteroatoms. The number of benzene rings is 2. The van der Waals surface area contributed by atoms with Crippen molar-refractivity contribution in [3.8, 4) is 5.75 Å². The molecule has 0 spiro atoms. The third kappa shape index (κ3) is 5.47. The van der Waals surface area contributed by atoms with Crippen LogP contribution < -0.4 is 19.9 Å². The predicted molar refractivity (Wildman–Crippen MR) is 109 cm³/mol. The summed E-state index contributed by atoms with van der Waals surface area (Å²) >= 11 is 0. The van der Waals surface area contributed by atoms with Crippen LogP contribution in [-0.4, -0.2) is 52.3 Å². The van der Waals surface area contributed by atoms with Gasteiger partial charge in [-0.05, 0) is 35.7 Å². The van der Waals surface area contributed by atoms with Gasteiger partial charge in [0.05, 0.1) is 33.3 Å². The van der Waals surface area contributed by atoms with Gasteiger partial charge in [-0.2, -0.15) is 0 Å². The number of rotatable bonds is 7. The molecule has 0 bridgehead atoms.